The Kier molecular flexibility index (Phi) is 6.43. The van der Waals surface area contributed by atoms with Crippen molar-refractivity contribution < 1.29 is 8.42 Å². The van der Waals surface area contributed by atoms with Gasteiger partial charge in [0.1, 0.15) is 10.0 Å². The minimum atomic E-state index is -3.60. The van der Waals surface area contributed by atoms with Crippen LogP contribution < -0.4 is 4.72 Å². The topological polar surface area (TPSA) is 59.1 Å². The van der Waals surface area contributed by atoms with Gasteiger partial charge >= 0.3 is 0 Å². The molecule has 0 aliphatic rings. The number of hydrogen-bond donors (Lipinski definition) is 1. The van der Waals surface area contributed by atoms with Gasteiger partial charge in [0.15, 0.2) is 0 Å². The van der Waals surface area contributed by atoms with Crippen LogP contribution in [0.1, 0.15) is 46.5 Å². The molecular formula is C14H23ClN2O2S. The van der Waals surface area contributed by atoms with Gasteiger partial charge in [-0.15, -0.1) is 0 Å². The Labute approximate surface area is 127 Å². The van der Waals surface area contributed by atoms with E-state index in [0.29, 0.717) is 6.54 Å². The molecule has 114 valence electrons. The molecule has 1 rings (SSSR count). The summed E-state index contributed by atoms with van der Waals surface area (Å²) in [6, 6.07) is 3.02. The first-order valence-corrected chi connectivity index (χ1v) is 8.75. The molecule has 4 nitrogen and oxygen atoms in total. The van der Waals surface area contributed by atoms with E-state index >= 15 is 0 Å². The molecule has 0 saturated heterocycles. The largest absolute Gasteiger partial charge is 0.243 e. The SMILES string of the molecule is CCCCCC(C)(C)CNS(=O)(=O)c1cccnc1Cl. The highest BCUT2D eigenvalue weighted by Gasteiger charge is 2.23. The minimum absolute atomic E-state index is 0.00351. The standard InChI is InChI=1S/C14H23ClN2O2S/c1-4-5-6-9-14(2,3)11-17-20(18,19)12-8-7-10-16-13(12)15/h7-8,10,17H,4-6,9,11H2,1-3H3. The first kappa shape index (κ1) is 17.4. The van der Waals surface area contributed by atoms with Gasteiger partial charge in [-0.1, -0.05) is 51.6 Å². The van der Waals surface area contributed by atoms with Gasteiger partial charge in [-0.05, 0) is 24.0 Å². The monoisotopic (exact) mass is 318 g/mol. The predicted octanol–water partition coefficient (Wildman–Crippen LogP) is 3.62. The molecule has 0 radical (unpaired) electrons. The highest BCUT2D eigenvalue weighted by molar-refractivity contribution is 7.89. The van der Waals surface area contributed by atoms with Crippen molar-refractivity contribution in [1.29, 1.82) is 0 Å². The van der Waals surface area contributed by atoms with Crippen LogP contribution in [0.5, 0.6) is 0 Å². The van der Waals surface area contributed by atoms with Crippen molar-refractivity contribution >= 4 is 21.6 Å². The Morgan fingerprint density at radius 2 is 2.05 bits per heavy atom. The number of pyridine rings is 1. The summed E-state index contributed by atoms with van der Waals surface area (Å²) >= 11 is 5.83. The molecule has 6 heteroatoms. The van der Waals surface area contributed by atoms with Crippen LogP contribution in [-0.2, 0) is 10.0 Å². The zero-order valence-electron chi connectivity index (χ0n) is 12.3. The van der Waals surface area contributed by atoms with Crippen molar-refractivity contribution in [2.24, 2.45) is 5.41 Å². The molecule has 1 N–H and O–H groups in total. The summed E-state index contributed by atoms with van der Waals surface area (Å²) in [5, 5.41) is 0.00351. The summed E-state index contributed by atoms with van der Waals surface area (Å²) in [6.45, 7) is 6.68. The number of rotatable bonds is 8. The van der Waals surface area contributed by atoms with Gasteiger partial charge in [0.05, 0.1) is 0 Å². The summed E-state index contributed by atoms with van der Waals surface area (Å²) in [4.78, 5) is 3.83. The molecule has 0 saturated carbocycles. The van der Waals surface area contributed by atoms with E-state index in [0.717, 1.165) is 19.3 Å². The molecule has 0 aliphatic heterocycles. The molecule has 0 atom stereocenters. The maximum Gasteiger partial charge on any atom is 0.243 e. The molecule has 0 bridgehead atoms. The lowest BCUT2D eigenvalue weighted by atomic mass is 9.87. The van der Waals surface area contributed by atoms with Crippen LogP contribution in [0.2, 0.25) is 5.15 Å². The Morgan fingerprint density at radius 3 is 2.65 bits per heavy atom. The van der Waals surface area contributed by atoms with Gasteiger partial charge in [-0.3, -0.25) is 0 Å². The number of sulfonamides is 1. The van der Waals surface area contributed by atoms with Crippen LogP contribution in [-0.4, -0.2) is 19.9 Å². The zero-order chi connectivity index (χ0) is 15.2. The molecule has 0 fully saturated rings. The predicted molar refractivity (Wildman–Crippen MR) is 82.4 cm³/mol. The zero-order valence-corrected chi connectivity index (χ0v) is 13.9. The van der Waals surface area contributed by atoms with E-state index in [1.54, 1.807) is 6.07 Å². The van der Waals surface area contributed by atoms with E-state index in [9.17, 15) is 8.42 Å². The van der Waals surface area contributed by atoms with E-state index in [2.05, 4.69) is 30.5 Å². The number of aromatic nitrogens is 1. The Balaban J connectivity index is 2.66. The van der Waals surface area contributed by atoms with Crippen molar-refractivity contribution in [1.82, 2.24) is 9.71 Å². The number of hydrogen-bond acceptors (Lipinski definition) is 3. The smallest absolute Gasteiger partial charge is 0.243 e. The van der Waals surface area contributed by atoms with E-state index in [4.69, 9.17) is 11.6 Å². The van der Waals surface area contributed by atoms with Crippen LogP contribution in [0.25, 0.3) is 0 Å². The average Bonchev–Trinajstić information content (AvgIpc) is 2.37. The van der Waals surface area contributed by atoms with E-state index in [1.807, 2.05) is 0 Å². The highest BCUT2D eigenvalue weighted by atomic mass is 35.5. The van der Waals surface area contributed by atoms with Gasteiger partial charge in [0.2, 0.25) is 10.0 Å². The molecular weight excluding hydrogens is 296 g/mol. The molecule has 0 unspecified atom stereocenters. The van der Waals surface area contributed by atoms with Crippen LogP contribution in [0.4, 0.5) is 0 Å². The normalized spacial score (nSPS) is 12.6. The molecule has 1 aromatic heterocycles. The summed E-state index contributed by atoms with van der Waals surface area (Å²) < 4.78 is 27.0. The van der Waals surface area contributed by atoms with Crippen molar-refractivity contribution in [3.05, 3.63) is 23.5 Å². The van der Waals surface area contributed by atoms with Crippen LogP contribution in [0.15, 0.2) is 23.2 Å². The third-order valence-corrected chi connectivity index (χ3v) is 5.06. The fourth-order valence-electron chi connectivity index (χ4n) is 1.88. The maximum absolute atomic E-state index is 12.2. The quantitative estimate of drug-likeness (QED) is 0.588. The summed E-state index contributed by atoms with van der Waals surface area (Å²) in [7, 11) is -3.60. The van der Waals surface area contributed by atoms with Crippen molar-refractivity contribution in [3.8, 4) is 0 Å². The van der Waals surface area contributed by atoms with Gasteiger partial charge in [0, 0.05) is 12.7 Å². The van der Waals surface area contributed by atoms with E-state index in [1.165, 1.54) is 18.7 Å². The lowest BCUT2D eigenvalue weighted by molar-refractivity contribution is 0.320. The first-order chi connectivity index (χ1) is 9.28. The van der Waals surface area contributed by atoms with Crippen molar-refractivity contribution in [2.75, 3.05) is 6.54 Å². The van der Waals surface area contributed by atoms with Gasteiger partial charge in [-0.2, -0.15) is 0 Å². The molecule has 0 aromatic carbocycles. The van der Waals surface area contributed by atoms with Gasteiger partial charge in [0.25, 0.3) is 0 Å². The number of nitrogens with one attached hydrogen (secondary N) is 1. The van der Waals surface area contributed by atoms with Crippen molar-refractivity contribution in [3.63, 3.8) is 0 Å². The third kappa shape index (κ3) is 5.38. The second-order valence-corrected chi connectivity index (χ2v) is 7.83. The van der Waals surface area contributed by atoms with Crippen LogP contribution >= 0.6 is 11.6 Å². The lowest BCUT2D eigenvalue weighted by Gasteiger charge is -2.25. The second-order valence-electron chi connectivity index (χ2n) is 5.74. The number of nitrogens with zero attached hydrogens (tertiary/aromatic N) is 1. The van der Waals surface area contributed by atoms with Gasteiger partial charge < -0.3 is 0 Å². The maximum atomic E-state index is 12.2. The lowest BCUT2D eigenvalue weighted by Crippen LogP contribution is -2.34. The summed E-state index contributed by atoms with van der Waals surface area (Å²) in [5.74, 6) is 0. The Morgan fingerprint density at radius 1 is 1.35 bits per heavy atom. The molecule has 1 aromatic rings. The Bertz CT molecular complexity index is 530. The minimum Gasteiger partial charge on any atom is -0.243 e. The molecule has 1 heterocycles. The fraction of sp³-hybridized carbons (Fsp3) is 0.643. The van der Waals surface area contributed by atoms with Crippen LogP contribution in [0.3, 0.4) is 0 Å². The highest BCUT2D eigenvalue weighted by Crippen LogP contribution is 2.24. The Hall–Kier alpha value is -0.650. The van der Waals surface area contributed by atoms with Crippen LogP contribution in [0, 0.1) is 5.41 Å². The molecule has 0 spiro atoms. The summed E-state index contributed by atoms with van der Waals surface area (Å²) in [6.07, 6.45) is 5.90. The van der Waals surface area contributed by atoms with E-state index < -0.39 is 10.0 Å². The molecule has 0 amide bonds. The van der Waals surface area contributed by atoms with E-state index in [-0.39, 0.29) is 15.5 Å². The fourth-order valence-corrected chi connectivity index (χ4v) is 3.57. The number of unbranched alkanes of at least 4 members (excludes halogenated alkanes) is 2. The van der Waals surface area contributed by atoms with Gasteiger partial charge in [-0.25, -0.2) is 18.1 Å². The second kappa shape index (κ2) is 7.38. The molecule has 20 heavy (non-hydrogen) atoms. The number of halogens is 1. The molecule has 0 aliphatic carbocycles. The third-order valence-electron chi connectivity index (χ3n) is 3.21. The first-order valence-electron chi connectivity index (χ1n) is 6.89. The summed E-state index contributed by atoms with van der Waals surface area (Å²) in [5.41, 5.74) is -0.0725. The average molecular weight is 319 g/mol. The van der Waals surface area contributed by atoms with Crippen molar-refractivity contribution in [2.45, 2.75) is 51.3 Å².